The quantitative estimate of drug-likeness (QED) is 0.110. The summed E-state index contributed by atoms with van der Waals surface area (Å²) in [6, 6.07) is -5.06. The molecule has 0 aromatic rings. The summed E-state index contributed by atoms with van der Waals surface area (Å²) in [6.07, 6.45) is -14.7. The molecule has 5 amide bonds. The number of ether oxygens (including phenoxy) is 7. The number of aliphatic hydroxyl groups is 4. The highest BCUT2D eigenvalue weighted by molar-refractivity contribution is 5.81. The van der Waals surface area contributed by atoms with E-state index in [0.717, 1.165) is 7.05 Å². The molecule has 1 aliphatic carbocycles. The van der Waals surface area contributed by atoms with E-state index in [4.69, 9.17) is 38.9 Å². The van der Waals surface area contributed by atoms with Crippen molar-refractivity contribution < 1.29 is 82.7 Å². The van der Waals surface area contributed by atoms with Gasteiger partial charge in [-0.2, -0.15) is 0 Å². The van der Waals surface area contributed by atoms with Gasteiger partial charge in [-0.25, -0.2) is 19.2 Å². The number of nitrogens with zero attached hydrogens (tertiary/aromatic N) is 1. The molecule has 11 N–H and O–H groups in total. The Bertz CT molecular complexity index is 1590. The van der Waals surface area contributed by atoms with Crippen LogP contribution in [0.25, 0.3) is 0 Å². The molecule has 62 heavy (non-hydrogen) atoms. The van der Waals surface area contributed by atoms with Crippen LogP contribution in [0, 0.1) is 0 Å². The van der Waals surface area contributed by atoms with Gasteiger partial charge in [0.1, 0.15) is 58.7 Å². The van der Waals surface area contributed by atoms with Crippen LogP contribution in [0.5, 0.6) is 0 Å². The average molecular weight is 893 g/mol. The Kier molecular flexibility index (Phi) is 17.6. The van der Waals surface area contributed by atoms with Gasteiger partial charge in [0.05, 0.1) is 37.3 Å². The molecule has 1 saturated carbocycles. The van der Waals surface area contributed by atoms with Gasteiger partial charge in [0.15, 0.2) is 6.29 Å². The lowest BCUT2D eigenvalue weighted by atomic mass is 9.82. The van der Waals surface area contributed by atoms with Crippen LogP contribution in [0.4, 0.5) is 19.2 Å². The largest absolute Gasteiger partial charge is 0.466 e. The van der Waals surface area contributed by atoms with Crippen molar-refractivity contribution in [3.8, 4) is 0 Å². The van der Waals surface area contributed by atoms with Crippen LogP contribution in [0.15, 0.2) is 11.8 Å². The summed E-state index contributed by atoms with van der Waals surface area (Å²) in [7, 11) is 1.12. The van der Waals surface area contributed by atoms with Gasteiger partial charge in [0, 0.05) is 13.6 Å². The van der Waals surface area contributed by atoms with E-state index < -0.39 is 127 Å². The molecule has 0 bridgehead atoms. The van der Waals surface area contributed by atoms with Crippen LogP contribution in [0.3, 0.4) is 0 Å². The van der Waals surface area contributed by atoms with Gasteiger partial charge in [-0.3, -0.25) is 4.79 Å². The topological polar surface area (TPSA) is 328 Å². The molecular formula is C39H68N6O17. The highest BCUT2D eigenvalue weighted by Gasteiger charge is 2.55. The number of amides is 5. The zero-order chi connectivity index (χ0) is 47.1. The molecule has 0 aromatic heterocycles. The minimum absolute atomic E-state index is 0.0755. The van der Waals surface area contributed by atoms with Gasteiger partial charge < -0.3 is 90.6 Å². The molecule has 0 spiro atoms. The van der Waals surface area contributed by atoms with Crippen LogP contribution in [0.1, 0.15) is 88.5 Å². The van der Waals surface area contributed by atoms with E-state index in [0.29, 0.717) is 4.90 Å². The van der Waals surface area contributed by atoms with E-state index in [1.54, 1.807) is 68.4 Å². The number of hydrogen-bond donors (Lipinski definition) is 10. The standard InChI is InChI=1S/C39H68N6O17/c1-36(2,3)60-32(50)41-15-14-23(46)29(49)42-21-16-22(44-34(52)62-38(7,8)9)27(58-30-20(13-12-19(17-40)57-30)43-33(51)61-37(4,5)6)24(47)26(21)59-31-25(48)28(45(11)35(53)54)39(10,55)18-56-31/h12,20-28,30-31,46-48,55H,13-18,40H2,1-11H3,(H,41,50)(H,42,49)(H,43,51)(H,44,52)(H,53,54)/t20-,21-,22+,23+,24-,25-,26+,27-,28-,30-,31-,39+/m1/s1. The maximum Gasteiger partial charge on any atom is 0.408 e. The average Bonchev–Trinajstić information content (AvgIpc) is 3.10. The van der Waals surface area contributed by atoms with Crippen LogP contribution < -0.4 is 27.0 Å². The SMILES string of the molecule is CN(C(=O)O)[C@@H]1[C@@H](O)[C@@H](O[C@@H]2[C@@H](O)[C@H](O[C@H]3OC(CN)=CC[C@H]3NC(=O)OC(C)(C)C)[C@@H](NC(=O)OC(C)(C)C)C[C@H]2NC(=O)[C@@H](O)CCNC(=O)OC(C)(C)C)OC[C@]1(C)O. The Morgan fingerprint density at radius 3 is 1.85 bits per heavy atom. The lowest BCUT2D eigenvalue weighted by Gasteiger charge is -2.50. The van der Waals surface area contributed by atoms with Crippen LogP contribution in [0.2, 0.25) is 0 Å². The molecule has 0 aromatic carbocycles. The zero-order valence-electron chi connectivity index (χ0n) is 37.3. The monoisotopic (exact) mass is 892 g/mol. The van der Waals surface area contributed by atoms with Crippen molar-refractivity contribution >= 4 is 30.3 Å². The molecule has 12 atom stereocenters. The second-order valence-electron chi connectivity index (χ2n) is 18.7. The highest BCUT2D eigenvalue weighted by atomic mass is 16.7. The number of rotatable bonds is 13. The van der Waals surface area contributed by atoms with Crippen molar-refractivity contribution in [3.05, 3.63) is 11.8 Å². The molecule has 2 aliphatic heterocycles. The van der Waals surface area contributed by atoms with Gasteiger partial charge in [0.25, 0.3) is 0 Å². The predicted molar refractivity (Wildman–Crippen MR) is 216 cm³/mol. The number of hydrogen-bond acceptors (Lipinski definition) is 17. The maximum absolute atomic E-state index is 13.6. The second-order valence-corrected chi connectivity index (χ2v) is 18.7. The van der Waals surface area contributed by atoms with E-state index >= 15 is 0 Å². The van der Waals surface area contributed by atoms with Crippen molar-refractivity contribution in [1.29, 1.82) is 0 Å². The Balaban J connectivity index is 2.05. The molecule has 2 fully saturated rings. The van der Waals surface area contributed by atoms with Crippen molar-refractivity contribution in [2.24, 2.45) is 5.73 Å². The van der Waals surface area contributed by atoms with E-state index in [9.17, 15) is 49.5 Å². The summed E-state index contributed by atoms with van der Waals surface area (Å²) in [5.74, 6) is -0.727. The van der Waals surface area contributed by atoms with Gasteiger partial charge in [-0.15, -0.1) is 0 Å². The molecule has 3 aliphatic rings. The van der Waals surface area contributed by atoms with Crippen molar-refractivity contribution in [2.75, 3.05) is 26.7 Å². The third-order valence-corrected chi connectivity index (χ3v) is 9.57. The van der Waals surface area contributed by atoms with Gasteiger partial charge >= 0.3 is 24.4 Å². The maximum atomic E-state index is 13.6. The van der Waals surface area contributed by atoms with E-state index in [2.05, 4.69) is 21.3 Å². The normalized spacial score (nSPS) is 30.9. The van der Waals surface area contributed by atoms with Crippen molar-refractivity contribution in [3.63, 3.8) is 0 Å². The molecule has 0 radical (unpaired) electrons. The number of aliphatic hydroxyl groups excluding tert-OH is 3. The number of carboxylic acid groups (broad SMARTS) is 1. The smallest absolute Gasteiger partial charge is 0.408 e. The summed E-state index contributed by atoms with van der Waals surface area (Å²) in [5, 5.41) is 65.9. The molecule has 23 heteroatoms. The Morgan fingerprint density at radius 2 is 1.34 bits per heavy atom. The van der Waals surface area contributed by atoms with E-state index in [-0.39, 0.29) is 38.1 Å². The van der Waals surface area contributed by atoms with Crippen molar-refractivity contribution in [2.45, 2.75) is 178 Å². The lowest BCUT2D eigenvalue weighted by molar-refractivity contribution is -0.311. The predicted octanol–water partition coefficient (Wildman–Crippen LogP) is 0.104. The number of likely N-dealkylation sites (N-methyl/N-ethyl adjacent to an activating group) is 1. The molecule has 1 saturated heterocycles. The number of carbonyl (C=O) groups excluding carboxylic acids is 4. The Labute approximate surface area is 361 Å². The summed E-state index contributed by atoms with van der Waals surface area (Å²) in [5.41, 5.74) is 1.30. The fraction of sp³-hybridized carbons (Fsp3) is 0.821. The van der Waals surface area contributed by atoms with Crippen LogP contribution >= 0.6 is 0 Å². The molecule has 3 rings (SSSR count). The third-order valence-electron chi connectivity index (χ3n) is 9.57. The van der Waals surface area contributed by atoms with Gasteiger partial charge in [0.2, 0.25) is 12.2 Å². The minimum Gasteiger partial charge on any atom is -0.466 e. The highest BCUT2D eigenvalue weighted by Crippen LogP contribution is 2.34. The molecule has 356 valence electrons. The first-order chi connectivity index (χ1) is 28.4. The molecular weight excluding hydrogens is 824 g/mol. The third kappa shape index (κ3) is 15.5. The summed E-state index contributed by atoms with van der Waals surface area (Å²) in [4.78, 5) is 64.7. The second kappa shape index (κ2) is 21.0. The first-order valence-corrected chi connectivity index (χ1v) is 20.4. The fourth-order valence-electron chi connectivity index (χ4n) is 6.97. The number of carbonyl (C=O) groups is 5. The number of nitrogens with two attached hydrogens (primary N) is 1. The Morgan fingerprint density at radius 1 is 0.839 bits per heavy atom. The van der Waals surface area contributed by atoms with Gasteiger partial charge in [-0.1, -0.05) is 0 Å². The first-order valence-electron chi connectivity index (χ1n) is 20.4. The number of alkyl carbamates (subject to hydrolysis) is 3. The van der Waals surface area contributed by atoms with Gasteiger partial charge in [-0.05, 0) is 94.6 Å². The summed E-state index contributed by atoms with van der Waals surface area (Å²) >= 11 is 0. The molecule has 0 unspecified atom stereocenters. The molecule has 2 heterocycles. The number of nitrogens with one attached hydrogen (secondary N) is 4. The zero-order valence-corrected chi connectivity index (χ0v) is 37.3. The molecule has 23 nitrogen and oxygen atoms in total. The van der Waals surface area contributed by atoms with Crippen LogP contribution in [-0.2, 0) is 38.0 Å². The van der Waals surface area contributed by atoms with E-state index in [1.807, 2.05) is 0 Å². The summed E-state index contributed by atoms with van der Waals surface area (Å²) in [6.45, 7) is 15.3. The van der Waals surface area contributed by atoms with Crippen molar-refractivity contribution in [1.82, 2.24) is 26.2 Å². The summed E-state index contributed by atoms with van der Waals surface area (Å²) < 4.78 is 40.4. The Hall–Kier alpha value is -4.23. The lowest BCUT2D eigenvalue weighted by Crippen LogP contribution is -2.70. The minimum atomic E-state index is -1.92. The van der Waals surface area contributed by atoms with E-state index in [1.165, 1.54) is 6.92 Å². The first kappa shape index (κ1) is 52.1. The van der Waals surface area contributed by atoms with Crippen LogP contribution in [-0.4, -0.2) is 177 Å². The fourth-order valence-corrected chi connectivity index (χ4v) is 6.97.